The second-order valence-electron chi connectivity index (χ2n) is 12.4. The number of hydrogen-bond acceptors (Lipinski definition) is 3. The lowest BCUT2D eigenvalue weighted by molar-refractivity contribution is -0.683. The number of rotatable bonds is 18. The Hall–Kier alpha value is -2.66. The third-order valence-electron chi connectivity index (χ3n) is 7.69. The van der Waals surface area contributed by atoms with E-state index in [1.54, 1.807) is 11.3 Å². The topological polar surface area (TPSA) is 42.2 Å². The van der Waals surface area contributed by atoms with Gasteiger partial charge in [0.25, 0.3) is 5.91 Å². The average Bonchev–Trinajstić information content (AvgIpc) is 3.35. The van der Waals surface area contributed by atoms with Crippen LogP contribution in [0.3, 0.4) is 0 Å². The van der Waals surface area contributed by atoms with Gasteiger partial charge in [-0.1, -0.05) is 134 Å². The molecule has 0 saturated carbocycles. The van der Waals surface area contributed by atoms with Gasteiger partial charge < -0.3 is 10.1 Å². The average molecular weight is 578 g/mol. The molecular formula is C36H53N2O2S+. The molecule has 3 rings (SSSR count). The maximum atomic E-state index is 13.5. The number of aromatic nitrogens is 1. The zero-order valence-electron chi connectivity index (χ0n) is 26.3. The SMILES string of the molecule is CCCCCCCCCCCCCCOc1cc(C(C)(C)C)ccc1NC(=O)c1ccccc1C[n+]1csc(C)c1. The van der Waals surface area contributed by atoms with Crippen LogP contribution in [0.2, 0.25) is 0 Å². The molecule has 2 aromatic carbocycles. The molecule has 1 heterocycles. The molecule has 41 heavy (non-hydrogen) atoms. The lowest BCUT2D eigenvalue weighted by Crippen LogP contribution is -2.32. The highest BCUT2D eigenvalue weighted by Crippen LogP contribution is 2.32. The van der Waals surface area contributed by atoms with E-state index in [9.17, 15) is 4.79 Å². The summed E-state index contributed by atoms with van der Waals surface area (Å²) in [6.45, 7) is 12.3. The Morgan fingerprint density at radius 3 is 2.12 bits per heavy atom. The maximum Gasteiger partial charge on any atom is 0.256 e. The van der Waals surface area contributed by atoms with Crippen LogP contribution in [0.1, 0.15) is 131 Å². The molecule has 0 spiro atoms. The van der Waals surface area contributed by atoms with Gasteiger partial charge in [-0.15, -0.1) is 0 Å². The second kappa shape index (κ2) is 17.3. The van der Waals surface area contributed by atoms with Gasteiger partial charge in [0.15, 0.2) is 12.7 Å². The van der Waals surface area contributed by atoms with Crippen LogP contribution >= 0.6 is 11.3 Å². The molecular weight excluding hydrogens is 524 g/mol. The fourth-order valence-electron chi connectivity index (χ4n) is 5.13. The van der Waals surface area contributed by atoms with Gasteiger partial charge in [0, 0.05) is 11.1 Å². The molecule has 0 unspecified atom stereocenters. The van der Waals surface area contributed by atoms with E-state index in [1.807, 2.05) is 30.3 Å². The van der Waals surface area contributed by atoms with Gasteiger partial charge in [0.1, 0.15) is 5.75 Å². The number of anilines is 1. The highest BCUT2D eigenvalue weighted by atomic mass is 32.1. The Kier molecular flexibility index (Phi) is 13.9. The molecule has 3 aromatic rings. The van der Waals surface area contributed by atoms with Gasteiger partial charge in [-0.05, 0) is 42.5 Å². The molecule has 0 aliphatic heterocycles. The minimum atomic E-state index is -0.105. The van der Waals surface area contributed by atoms with Crippen molar-refractivity contribution in [2.45, 2.75) is 124 Å². The molecule has 0 atom stereocenters. The maximum absolute atomic E-state index is 13.5. The van der Waals surface area contributed by atoms with Gasteiger partial charge in [-0.3, -0.25) is 4.79 Å². The lowest BCUT2D eigenvalue weighted by Gasteiger charge is -2.22. The van der Waals surface area contributed by atoms with Gasteiger partial charge in [-0.25, -0.2) is 0 Å². The number of carbonyl (C=O) groups is 1. The summed E-state index contributed by atoms with van der Waals surface area (Å²) >= 11 is 1.71. The number of benzene rings is 2. The summed E-state index contributed by atoms with van der Waals surface area (Å²) in [5, 5.41) is 3.16. The standard InChI is InChI=1S/C36H52N2O2S/c1-6-7-8-9-10-11-12-13-14-15-16-19-24-40-34-25-31(36(3,4)5)22-23-33(34)37-35(39)32-21-18-17-20-30(32)27-38-26-29(2)41-28-38/h17-18,20-23,25-26,28H,6-16,19,24,27H2,1-5H3/p+1. The van der Waals surface area contributed by atoms with Gasteiger partial charge in [-0.2, -0.15) is 4.57 Å². The number of unbranched alkanes of at least 4 members (excludes halogenated alkanes) is 11. The minimum Gasteiger partial charge on any atom is -0.491 e. The van der Waals surface area contributed by atoms with E-state index in [0.29, 0.717) is 18.7 Å². The summed E-state index contributed by atoms with van der Waals surface area (Å²) in [6.07, 6.45) is 18.0. The van der Waals surface area contributed by atoms with Crippen molar-refractivity contribution in [3.05, 3.63) is 75.7 Å². The molecule has 0 fully saturated rings. The zero-order valence-corrected chi connectivity index (χ0v) is 27.1. The number of thiazole rings is 1. The highest BCUT2D eigenvalue weighted by Gasteiger charge is 2.20. The summed E-state index contributed by atoms with van der Waals surface area (Å²) in [5.74, 6) is 0.654. The summed E-state index contributed by atoms with van der Waals surface area (Å²) in [6, 6.07) is 14.1. The number of hydrogen-bond donors (Lipinski definition) is 1. The van der Waals surface area contributed by atoms with E-state index in [2.05, 4.69) is 68.3 Å². The normalized spacial score (nSPS) is 11.5. The van der Waals surface area contributed by atoms with Crippen LogP contribution in [-0.2, 0) is 12.0 Å². The monoisotopic (exact) mass is 577 g/mol. The van der Waals surface area contributed by atoms with Gasteiger partial charge in [0.2, 0.25) is 5.51 Å². The van der Waals surface area contributed by atoms with Crippen LogP contribution in [0.25, 0.3) is 0 Å². The number of carbonyl (C=O) groups excluding carboxylic acids is 1. The molecule has 0 aliphatic rings. The van der Waals surface area contributed by atoms with Crippen molar-refractivity contribution in [1.82, 2.24) is 0 Å². The number of nitrogens with one attached hydrogen (secondary N) is 1. The highest BCUT2D eigenvalue weighted by molar-refractivity contribution is 7.09. The smallest absolute Gasteiger partial charge is 0.256 e. The van der Waals surface area contributed by atoms with Gasteiger partial charge in [0.05, 0.1) is 17.2 Å². The first-order valence-corrected chi connectivity index (χ1v) is 16.8. The zero-order chi connectivity index (χ0) is 29.5. The summed E-state index contributed by atoms with van der Waals surface area (Å²) in [7, 11) is 0. The largest absolute Gasteiger partial charge is 0.491 e. The molecule has 0 aliphatic carbocycles. The summed E-state index contributed by atoms with van der Waals surface area (Å²) < 4.78 is 8.45. The van der Waals surface area contributed by atoms with Crippen molar-refractivity contribution in [1.29, 1.82) is 0 Å². The summed E-state index contributed by atoms with van der Waals surface area (Å²) in [4.78, 5) is 14.7. The van der Waals surface area contributed by atoms with E-state index >= 15 is 0 Å². The molecule has 5 heteroatoms. The van der Waals surface area contributed by atoms with E-state index in [1.165, 1.54) is 81.1 Å². The number of aryl methyl sites for hydroxylation is 1. The molecule has 0 bridgehead atoms. The van der Waals surface area contributed by atoms with Crippen molar-refractivity contribution in [3.8, 4) is 5.75 Å². The number of nitrogens with zero attached hydrogens (tertiary/aromatic N) is 1. The van der Waals surface area contributed by atoms with Crippen molar-refractivity contribution < 1.29 is 14.1 Å². The van der Waals surface area contributed by atoms with Crippen molar-refractivity contribution >= 4 is 22.9 Å². The van der Waals surface area contributed by atoms with Crippen LogP contribution in [-0.4, -0.2) is 12.5 Å². The Balaban J connectivity index is 1.53. The van der Waals surface area contributed by atoms with Crippen molar-refractivity contribution in [2.75, 3.05) is 11.9 Å². The van der Waals surface area contributed by atoms with E-state index in [-0.39, 0.29) is 11.3 Å². The molecule has 224 valence electrons. The first kappa shape index (κ1) is 32.8. The van der Waals surface area contributed by atoms with E-state index in [4.69, 9.17) is 4.74 Å². The molecule has 1 aromatic heterocycles. The van der Waals surface area contributed by atoms with Crippen molar-refractivity contribution in [2.24, 2.45) is 0 Å². The van der Waals surface area contributed by atoms with Crippen molar-refractivity contribution in [3.63, 3.8) is 0 Å². The van der Waals surface area contributed by atoms with Crippen LogP contribution in [0.4, 0.5) is 5.69 Å². The Bertz CT molecular complexity index is 1190. The second-order valence-corrected chi connectivity index (χ2v) is 13.5. The van der Waals surface area contributed by atoms with E-state index < -0.39 is 0 Å². The Labute approximate surface area is 253 Å². The quantitative estimate of drug-likeness (QED) is 0.121. The molecule has 1 N–H and O–H groups in total. The first-order chi connectivity index (χ1) is 19.8. The number of amides is 1. The third kappa shape index (κ3) is 11.6. The fraction of sp³-hybridized carbons (Fsp3) is 0.556. The Morgan fingerprint density at radius 1 is 0.878 bits per heavy atom. The fourth-order valence-corrected chi connectivity index (χ4v) is 5.76. The van der Waals surface area contributed by atoms with Crippen LogP contribution in [0.5, 0.6) is 5.75 Å². The summed E-state index contributed by atoms with van der Waals surface area (Å²) in [5.41, 5.74) is 5.71. The van der Waals surface area contributed by atoms with Crippen LogP contribution in [0, 0.1) is 6.92 Å². The molecule has 0 radical (unpaired) electrons. The third-order valence-corrected chi connectivity index (χ3v) is 8.54. The predicted octanol–water partition coefficient (Wildman–Crippen LogP) is 10.0. The Morgan fingerprint density at radius 2 is 1.51 bits per heavy atom. The molecule has 1 amide bonds. The van der Waals surface area contributed by atoms with Gasteiger partial charge >= 0.3 is 0 Å². The first-order valence-electron chi connectivity index (χ1n) is 15.9. The van der Waals surface area contributed by atoms with Crippen LogP contribution < -0.4 is 14.6 Å². The van der Waals surface area contributed by atoms with Crippen LogP contribution in [0.15, 0.2) is 54.2 Å². The molecule has 0 saturated heterocycles. The number of ether oxygens (including phenoxy) is 1. The van der Waals surface area contributed by atoms with E-state index in [0.717, 1.165) is 23.4 Å². The molecule has 4 nitrogen and oxygen atoms in total. The minimum absolute atomic E-state index is 0.000855. The lowest BCUT2D eigenvalue weighted by atomic mass is 9.87. The predicted molar refractivity (Wildman–Crippen MR) is 174 cm³/mol.